The number of hydrogen-bond donors (Lipinski definition) is 2. The molecule has 1 aromatic heterocycles. The van der Waals surface area contributed by atoms with Crippen LogP contribution in [0.2, 0.25) is 0 Å². The second-order valence-corrected chi connectivity index (χ2v) is 7.03. The van der Waals surface area contributed by atoms with Crippen LogP contribution in [0.1, 0.15) is 24.0 Å². The number of nitrogens with two attached hydrogens (primary N) is 1. The summed E-state index contributed by atoms with van der Waals surface area (Å²) >= 11 is 0. The Hall–Kier alpha value is -2.70. The minimum absolute atomic E-state index is 0. The van der Waals surface area contributed by atoms with E-state index >= 15 is 0 Å². The largest absolute Gasteiger partial charge is 0.491 e. The molecule has 1 aliphatic carbocycles. The highest BCUT2D eigenvalue weighted by Crippen LogP contribution is 2.33. The van der Waals surface area contributed by atoms with Crippen molar-refractivity contribution < 1.29 is 19.0 Å². The minimum atomic E-state index is -0.816. The van der Waals surface area contributed by atoms with Gasteiger partial charge in [0.2, 0.25) is 0 Å². The molecule has 0 fully saturated rings. The highest BCUT2D eigenvalue weighted by Gasteiger charge is 2.21. The highest BCUT2D eigenvalue weighted by molar-refractivity contribution is 5.88. The lowest BCUT2D eigenvalue weighted by molar-refractivity contribution is 0.0631. The number of fused-ring (bicyclic) bond motifs is 3. The van der Waals surface area contributed by atoms with Crippen molar-refractivity contribution in [3.05, 3.63) is 64.0 Å². The van der Waals surface area contributed by atoms with Crippen molar-refractivity contribution in [1.82, 2.24) is 0 Å². The molecule has 6 nitrogen and oxygen atoms in total. The van der Waals surface area contributed by atoms with Crippen LogP contribution in [-0.2, 0) is 12.8 Å². The number of halogens is 1. The quantitative estimate of drug-likeness (QED) is 0.471. The van der Waals surface area contributed by atoms with Gasteiger partial charge in [0.25, 0.3) is 0 Å². The Balaban J connectivity index is 0.00000240. The molecule has 0 amide bonds. The van der Waals surface area contributed by atoms with E-state index in [0.717, 1.165) is 42.2 Å². The van der Waals surface area contributed by atoms with Gasteiger partial charge in [-0.05, 0) is 55.5 Å². The summed E-state index contributed by atoms with van der Waals surface area (Å²) in [7, 11) is 0. The standard InChI is InChI=1S/C22H23NO5.ClH/c23-14-5-3-6-16(11-14)26-12-15(24)13-27-19-9-4-10-20-21(19)17-7-1-2-8-18(17)22(25)28-20;/h3-6,9-11,15,24H,1-2,7-8,12-13,23H2;1H. The minimum Gasteiger partial charge on any atom is -0.491 e. The van der Waals surface area contributed by atoms with E-state index in [0.29, 0.717) is 22.8 Å². The lowest BCUT2D eigenvalue weighted by atomic mass is 9.90. The third-order valence-electron chi connectivity index (χ3n) is 4.94. The van der Waals surface area contributed by atoms with Crippen LogP contribution in [-0.4, -0.2) is 24.4 Å². The number of benzene rings is 2. The number of anilines is 1. The maximum Gasteiger partial charge on any atom is 0.339 e. The molecule has 0 spiro atoms. The number of hydrogen-bond acceptors (Lipinski definition) is 6. The van der Waals surface area contributed by atoms with Gasteiger partial charge in [-0.3, -0.25) is 0 Å². The summed E-state index contributed by atoms with van der Waals surface area (Å²) in [4.78, 5) is 12.2. The van der Waals surface area contributed by atoms with E-state index in [-0.39, 0.29) is 31.2 Å². The van der Waals surface area contributed by atoms with Crippen LogP contribution in [0.5, 0.6) is 11.5 Å². The molecule has 3 aromatic rings. The molecule has 0 aliphatic heterocycles. The van der Waals surface area contributed by atoms with Crippen LogP contribution >= 0.6 is 12.4 Å². The van der Waals surface area contributed by atoms with Gasteiger partial charge in [0, 0.05) is 17.3 Å². The molecule has 0 saturated carbocycles. The zero-order chi connectivity index (χ0) is 19.5. The zero-order valence-corrected chi connectivity index (χ0v) is 16.7. The molecule has 1 unspecified atom stereocenters. The topological polar surface area (TPSA) is 94.9 Å². The Kier molecular flexibility index (Phi) is 6.67. The lowest BCUT2D eigenvalue weighted by Crippen LogP contribution is -2.25. The van der Waals surface area contributed by atoms with Gasteiger partial charge in [0.1, 0.15) is 36.4 Å². The summed E-state index contributed by atoms with van der Waals surface area (Å²) in [6.45, 7) is 0.150. The average molecular weight is 418 g/mol. The van der Waals surface area contributed by atoms with E-state index in [4.69, 9.17) is 19.6 Å². The van der Waals surface area contributed by atoms with E-state index in [1.165, 1.54) is 0 Å². The molecular formula is C22H24ClNO5. The number of rotatable bonds is 6. The Morgan fingerprint density at radius 2 is 1.76 bits per heavy atom. The first-order valence-corrected chi connectivity index (χ1v) is 9.48. The molecule has 0 bridgehead atoms. The van der Waals surface area contributed by atoms with Gasteiger partial charge in [-0.15, -0.1) is 12.4 Å². The van der Waals surface area contributed by atoms with Crippen LogP contribution in [0.3, 0.4) is 0 Å². The van der Waals surface area contributed by atoms with Crippen molar-refractivity contribution in [2.45, 2.75) is 31.8 Å². The number of ether oxygens (including phenoxy) is 2. The summed E-state index contributed by atoms with van der Waals surface area (Å²) in [5.74, 6) is 1.21. The van der Waals surface area contributed by atoms with Gasteiger partial charge < -0.3 is 24.7 Å². The highest BCUT2D eigenvalue weighted by atomic mass is 35.5. The fourth-order valence-electron chi connectivity index (χ4n) is 3.61. The van der Waals surface area contributed by atoms with Gasteiger partial charge in [0.05, 0.1) is 5.39 Å². The smallest absolute Gasteiger partial charge is 0.339 e. The van der Waals surface area contributed by atoms with Crippen molar-refractivity contribution >= 4 is 29.1 Å². The first-order chi connectivity index (χ1) is 13.6. The van der Waals surface area contributed by atoms with E-state index in [9.17, 15) is 9.90 Å². The molecule has 0 saturated heterocycles. The molecule has 3 N–H and O–H groups in total. The number of aliphatic hydroxyl groups is 1. The molecule has 1 aliphatic rings. The molecule has 29 heavy (non-hydrogen) atoms. The number of nitrogen functional groups attached to an aromatic ring is 1. The molecule has 1 heterocycles. The molecule has 154 valence electrons. The van der Waals surface area contributed by atoms with Crippen molar-refractivity contribution in [2.24, 2.45) is 0 Å². The molecule has 1 atom stereocenters. The molecular weight excluding hydrogens is 394 g/mol. The molecule has 2 aromatic carbocycles. The summed E-state index contributed by atoms with van der Waals surface area (Å²) in [5.41, 5.74) is 8.35. The number of aryl methyl sites for hydroxylation is 1. The Morgan fingerprint density at radius 3 is 2.55 bits per heavy atom. The zero-order valence-electron chi connectivity index (χ0n) is 15.9. The third-order valence-corrected chi connectivity index (χ3v) is 4.94. The van der Waals surface area contributed by atoms with E-state index in [1.54, 1.807) is 36.4 Å². The van der Waals surface area contributed by atoms with Gasteiger partial charge in [-0.1, -0.05) is 12.1 Å². The fraction of sp³-hybridized carbons (Fsp3) is 0.318. The van der Waals surface area contributed by atoms with Crippen LogP contribution < -0.4 is 20.8 Å². The second-order valence-electron chi connectivity index (χ2n) is 7.03. The monoisotopic (exact) mass is 417 g/mol. The molecule has 7 heteroatoms. The maximum atomic E-state index is 12.2. The Bertz CT molecular complexity index is 1050. The van der Waals surface area contributed by atoms with Gasteiger partial charge >= 0.3 is 5.63 Å². The van der Waals surface area contributed by atoms with E-state index < -0.39 is 6.10 Å². The van der Waals surface area contributed by atoms with Gasteiger partial charge in [-0.25, -0.2) is 4.79 Å². The summed E-state index contributed by atoms with van der Waals surface area (Å²) in [6, 6.07) is 12.4. The third kappa shape index (κ3) is 4.66. The van der Waals surface area contributed by atoms with Crippen LogP contribution in [0.4, 0.5) is 5.69 Å². The molecule has 4 rings (SSSR count). The summed E-state index contributed by atoms with van der Waals surface area (Å²) in [6.07, 6.45) is 2.78. The van der Waals surface area contributed by atoms with E-state index in [2.05, 4.69) is 0 Å². The molecule has 0 radical (unpaired) electrons. The van der Waals surface area contributed by atoms with Crippen molar-refractivity contribution in [3.63, 3.8) is 0 Å². The number of aliphatic hydroxyl groups excluding tert-OH is 1. The Morgan fingerprint density at radius 1 is 1.03 bits per heavy atom. The first kappa shape index (κ1) is 21.0. The van der Waals surface area contributed by atoms with Crippen molar-refractivity contribution in [3.8, 4) is 11.5 Å². The van der Waals surface area contributed by atoms with Gasteiger partial charge in [0.15, 0.2) is 0 Å². The SMILES string of the molecule is Cl.Nc1cccc(OCC(O)COc2cccc3oc(=O)c4c(c23)CCCC4)c1. The van der Waals surface area contributed by atoms with Crippen molar-refractivity contribution in [1.29, 1.82) is 0 Å². The van der Waals surface area contributed by atoms with Crippen LogP contribution in [0.25, 0.3) is 11.0 Å². The normalized spacial score (nSPS) is 14.0. The lowest BCUT2D eigenvalue weighted by Gasteiger charge is -2.19. The van der Waals surface area contributed by atoms with Gasteiger partial charge in [-0.2, -0.15) is 0 Å². The van der Waals surface area contributed by atoms with E-state index in [1.807, 2.05) is 6.07 Å². The predicted molar refractivity (Wildman–Crippen MR) is 114 cm³/mol. The average Bonchev–Trinajstić information content (AvgIpc) is 2.71. The second kappa shape index (κ2) is 9.20. The van der Waals surface area contributed by atoms with Crippen LogP contribution in [0.15, 0.2) is 51.7 Å². The predicted octanol–water partition coefficient (Wildman–Crippen LogP) is 3.49. The van der Waals surface area contributed by atoms with Crippen molar-refractivity contribution in [2.75, 3.05) is 18.9 Å². The summed E-state index contributed by atoms with van der Waals surface area (Å²) in [5, 5.41) is 11.1. The maximum absolute atomic E-state index is 12.2. The fourth-order valence-corrected chi connectivity index (χ4v) is 3.61. The Labute approximate surface area is 174 Å². The van der Waals surface area contributed by atoms with Crippen LogP contribution in [0, 0.1) is 0 Å². The summed E-state index contributed by atoms with van der Waals surface area (Å²) < 4.78 is 16.9. The first-order valence-electron chi connectivity index (χ1n) is 9.48.